The van der Waals surface area contributed by atoms with Gasteiger partial charge in [-0.05, 0) is 26.7 Å². The average Bonchev–Trinajstić information content (AvgIpc) is 2.82. The van der Waals surface area contributed by atoms with E-state index in [-0.39, 0.29) is 36.5 Å². The molecule has 0 saturated carbocycles. The molecule has 1 saturated heterocycles. The van der Waals surface area contributed by atoms with E-state index in [2.05, 4.69) is 4.74 Å². The van der Waals surface area contributed by atoms with E-state index in [1.165, 1.54) is 7.11 Å². The first kappa shape index (κ1) is 15.0. The molecule has 104 valence electrons. The predicted octanol–water partition coefficient (Wildman–Crippen LogP) is 1.21. The van der Waals surface area contributed by atoms with Crippen LogP contribution in [0.3, 0.4) is 0 Å². The Labute approximate surface area is 108 Å². The summed E-state index contributed by atoms with van der Waals surface area (Å²) in [5.74, 6) is -0.509. The Hall–Kier alpha value is -1.10. The molecule has 5 nitrogen and oxygen atoms in total. The lowest BCUT2D eigenvalue weighted by atomic mass is 9.97. The highest BCUT2D eigenvalue weighted by Gasteiger charge is 2.36. The molecule has 18 heavy (non-hydrogen) atoms. The van der Waals surface area contributed by atoms with E-state index < -0.39 is 0 Å². The number of rotatable bonds is 5. The van der Waals surface area contributed by atoms with Crippen LogP contribution in [0.5, 0.6) is 0 Å². The topological polar surface area (TPSA) is 55.8 Å². The molecule has 1 rings (SSSR count). The first-order valence-corrected chi connectivity index (χ1v) is 6.50. The fraction of sp³-hybridized carbons (Fsp3) is 0.846. The van der Waals surface area contributed by atoms with Crippen LogP contribution >= 0.6 is 0 Å². The van der Waals surface area contributed by atoms with Gasteiger partial charge in [0, 0.05) is 12.6 Å². The molecule has 0 N–H and O–H groups in total. The van der Waals surface area contributed by atoms with Gasteiger partial charge in [-0.2, -0.15) is 0 Å². The minimum Gasteiger partial charge on any atom is -0.468 e. The number of methoxy groups -OCH3 is 1. The van der Waals surface area contributed by atoms with Gasteiger partial charge in [0.1, 0.15) is 6.54 Å². The van der Waals surface area contributed by atoms with E-state index in [0.717, 1.165) is 12.8 Å². The lowest BCUT2D eigenvalue weighted by Gasteiger charge is -2.29. The number of ether oxygens (including phenoxy) is 2. The summed E-state index contributed by atoms with van der Waals surface area (Å²) >= 11 is 0. The van der Waals surface area contributed by atoms with Gasteiger partial charge in [0.05, 0.1) is 19.1 Å². The maximum atomic E-state index is 12.4. The van der Waals surface area contributed by atoms with Crippen LogP contribution in [-0.4, -0.2) is 49.2 Å². The van der Waals surface area contributed by atoms with E-state index in [4.69, 9.17) is 4.74 Å². The summed E-state index contributed by atoms with van der Waals surface area (Å²) in [6.45, 7) is 6.45. The molecule has 1 amide bonds. The lowest BCUT2D eigenvalue weighted by Crippen LogP contribution is -2.45. The molecule has 0 spiro atoms. The van der Waals surface area contributed by atoms with Gasteiger partial charge < -0.3 is 14.4 Å². The Morgan fingerprint density at radius 1 is 1.44 bits per heavy atom. The van der Waals surface area contributed by atoms with Gasteiger partial charge in [0.15, 0.2) is 0 Å². The molecular weight excluding hydrogens is 234 g/mol. The van der Waals surface area contributed by atoms with Crippen LogP contribution in [0, 0.1) is 5.92 Å². The monoisotopic (exact) mass is 257 g/mol. The highest BCUT2D eigenvalue weighted by molar-refractivity contribution is 5.84. The Balaban J connectivity index is 2.73. The number of carbonyl (C=O) groups is 2. The molecule has 0 aromatic carbocycles. The first-order valence-electron chi connectivity index (χ1n) is 6.50. The van der Waals surface area contributed by atoms with Gasteiger partial charge in [-0.15, -0.1) is 0 Å². The fourth-order valence-electron chi connectivity index (χ4n) is 2.26. The number of hydrogen-bond donors (Lipinski definition) is 0. The van der Waals surface area contributed by atoms with Crippen molar-refractivity contribution in [3.8, 4) is 0 Å². The molecular formula is C13H23NO4. The van der Waals surface area contributed by atoms with E-state index in [1.807, 2.05) is 20.8 Å². The van der Waals surface area contributed by atoms with Gasteiger partial charge in [0.2, 0.25) is 5.91 Å². The molecule has 1 fully saturated rings. The highest BCUT2D eigenvalue weighted by atomic mass is 16.5. The Bertz CT molecular complexity index is 303. The second-order valence-corrected chi connectivity index (χ2v) is 4.85. The van der Waals surface area contributed by atoms with Crippen LogP contribution in [0.25, 0.3) is 0 Å². The van der Waals surface area contributed by atoms with Crippen molar-refractivity contribution in [1.82, 2.24) is 4.90 Å². The molecule has 5 heteroatoms. The molecule has 0 aromatic heterocycles. The summed E-state index contributed by atoms with van der Waals surface area (Å²) < 4.78 is 10.2. The molecule has 1 aliphatic heterocycles. The van der Waals surface area contributed by atoms with Crippen LogP contribution in [0.1, 0.15) is 33.6 Å². The van der Waals surface area contributed by atoms with Gasteiger partial charge in [-0.25, -0.2) is 0 Å². The number of carbonyl (C=O) groups excluding carboxylic acids is 2. The van der Waals surface area contributed by atoms with E-state index in [1.54, 1.807) is 4.90 Å². The zero-order valence-electron chi connectivity index (χ0n) is 11.6. The van der Waals surface area contributed by atoms with Crippen LogP contribution in [0.2, 0.25) is 0 Å². The summed E-state index contributed by atoms with van der Waals surface area (Å²) in [5.41, 5.74) is 0. The lowest BCUT2D eigenvalue weighted by molar-refractivity contribution is -0.150. The minimum absolute atomic E-state index is 0.000231. The number of amides is 1. The quantitative estimate of drug-likeness (QED) is 0.695. The van der Waals surface area contributed by atoms with E-state index in [9.17, 15) is 9.59 Å². The van der Waals surface area contributed by atoms with Gasteiger partial charge >= 0.3 is 5.97 Å². The zero-order valence-corrected chi connectivity index (χ0v) is 11.6. The molecule has 0 bridgehead atoms. The summed E-state index contributed by atoms with van der Waals surface area (Å²) in [4.78, 5) is 25.4. The van der Waals surface area contributed by atoms with Crippen LogP contribution in [-0.2, 0) is 19.1 Å². The van der Waals surface area contributed by atoms with Crippen LogP contribution in [0.15, 0.2) is 0 Å². The van der Waals surface area contributed by atoms with Crippen molar-refractivity contribution in [1.29, 1.82) is 0 Å². The highest BCUT2D eigenvalue weighted by Crippen LogP contribution is 2.26. The Morgan fingerprint density at radius 3 is 2.61 bits per heavy atom. The van der Waals surface area contributed by atoms with Gasteiger partial charge in [0.25, 0.3) is 0 Å². The second kappa shape index (κ2) is 6.73. The zero-order chi connectivity index (χ0) is 13.7. The molecule has 1 heterocycles. The normalized spacial score (nSPS) is 23.2. The predicted molar refractivity (Wildman–Crippen MR) is 67.0 cm³/mol. The summed E-state index contributed by atoms with van der Waals surface area (Å²) in [7, 11) is 1.33. The molecule has 0 aromatic rings. The standard InChI is InChI=1S/C13H23NO4/c1-5-11-10(6-7-18-11)13(16)14(9(2)3)8-12(15)17-4/h9-11H,5-8H2,1-4H3. The van der Waals surface area contributed by atoms with Crippen molar-refractivity contribution in [3.63, 3.8) is 0 Å². The smallest absolute Gasteiger partial charge is 0.325 e. The molecule has 1 aliphatic rings. The third-order valence-corrected chi connectivity index (χ3v) is 3.36. The third kappa shape index (κ3) is 3.45. The maximum Gasteiger partial charge on any atom is 0.325 e. The van der Waals surface area contributed by atoms with Gasteiger partial charge in [-0.3, -0.25) is 9.59 Å². The summed E-state index contributed by atoms with van der Waals surface area (Å²) in [6.07, 6.45) is 1.54. The van der Waals surface area contributed by atoms with Crippen molar-refractivity contribution >= 4 is 11.9 Å². The molecule has 2 atom stereocenters. The Kier molecular flexibility index (Phi) is 5.59. The van der Waals surface area contributed by atoms with E-state index >= 15 is 0 Å². The number of hydrogen-bond acceptors (Lipinski definition) is 4. The van der Waals surface area contributed by atoms with Crippen molar-refractivity contribution in [2.24, 2.45) is 5.92 Å². The van der Waals surface area contributed by atoms with Gasteiger partial charge in [-0.1, -0.05) is 6.92 Å². The van der Waals surface area contributed by atoms with Crippen molar-refractivity contribution in [2.75, 3.05) is 20.3 Å². The average molecular weight is 257 g/mol. The molecule has 0 radical (unpaired) electrons. The minimum atomic E-state index is -0.385. The summed E-state index contributed by atoms with van der Waals surface area (Å²) in [5, 5.41) is 0. The van der Waals surface area contributed by atoms with E-state index in [0.29, 0.717) is 6.61 Å². The summed E-state index contributed by atoms with van der Waals surface area (Å²) in [6, 6.07) is -0.0188. The van der Waals surface area contributed by atoms with Crippen molar-refractivity contribution in [3.05, 3.63) is 0 Å². The van der Waals surface area contributed by atoms with Crippen molar-refractivity contribution in [2.45, 2.75) is 45.8 Å². The molecule has 2 unspecified atom stereocenters. The Morgan fingerprint density at radius 2 is 2.11 bits per heavy atom. The number of nitrogens with zero attached hydrogens (tertiary/aromatic N) is 1. The van der Waals surface area contributed by atoms with Crippen LogP contribution < -0.4 is 0 Å². The largest absolute Gasteiger partial charge is 0.468 e. The number of esters is 1. The SMILES string of the molecule is CCC1OCCC1C(=O)N(CC(=O)OC)C(C)C. The third-order valence-electron chi connectivity index (χ3n) is 3.36. The second-order valence-electron chi connectivity index (χ2n) is 4.85. The maximum absolute atomic E-state index is 12.4. The fourth-order valence-corrected chi connectivity index (χ4v) is 2.26. The van der Waals surface area contributed by atoms with Crippen molar-refractivity contribution < 1.29 is 19.1 Å². The molecule has 0 aliphatic carbocycles. The first-order chi connectivity index (χ1) is 8.51. The van der Waals surface area contributed by atoms with Crippen LogP contribution in [0.4, 0.5) is 0 Å².